The molecule has 2 heterocycles. The van der Waals surface area contributed by atoms with Gasteiger partial charge in [-0.25, -0.2) is 0 Å². The fourth-order valence-corrected chi connectivity index (χ4v) is 3.52. The summed E-state index contributed by atoms with van der Waals surface area (Å²) in [6, 6.07) is 0.374. The van der Waals surface area contributed by atoms with Crippen LogP contribution in [0, 0.1) is 13.8 Å². The van der Waals surface area contributed by atoms with Gasteiger partial charge in [0.2, 0.25) is 0 Å². The second kappa shape index (κ2) is 7.93. The van der Waals surface area contributed by atoms with Gasteiger partial charge in [-0.1, -0.05) is 6.92 Å². The van der Waals surface area contributed by atoms with Crippen LogP contribution in [0.4, 0.5) is 0 Å². The minimum absolute atomic E-state index is 0.374. The van der Waals surface area contributed by atoms with Crippen LogP contribution in [0.25, 0.3) is 0 Å². The summed E-state index contributed by atoms with van der Waals surface area (Å²) in [5.74, 6) is -0.375. The summed E-state index contributed by atoms with van der Waals surface area (Å²) in [6.45, 7) is 9.91. The van der Waals surface area contributed by atoms with Gasteiger partial charge in [-0.05, 0) is 52.3 Å². The van der Waals surface area contributed by atoms with E-state index < -0.39 is 5.66 Å². The standard InChI is InChI=1S/C18H28N4O3/c1-5-22-8-6-7-14(22)9-19-18(4,11-24)21-17(25)16-12(2)15(10-23)20-13(16)3/h10-11,14,19-20H,5-9H2,1-4H3,(H,21,25). The lowest BCUT2D eigenvalue weighted by Crippen LogP contribution is -2.60. The first-order valence-electron chi connectivity index (χ1n) is 8.77. The predicted octanol–water partition coefficient (Wildman–Crippen LogP) is 1.16. The van der Waals surface area contributed by atoms with Crippen molar-refractivity contribution in [1.29, 1.82) is 0 Å². The number of carbonyl (C=O) groups is 3. The Hall–Kier alpha value is -1.99. The summed E-state index contributed by atoms with van der Waals surface area (Å²) in [5.41, 5.74) is 0.835. The number of nitrogens with zero attached hydrogens (tertiary/aromatic N) is 1. The van der Waals surface area contributed by atoms with Crippen molar-refractivity contribution in [2.75, 3.05) is 19.6 Å². The van der Waals surface area contributed by atoms with Crippen LogP contribution < -0.4 is 10.6 Å². The first kappa shape index (κ1) is 19.3. The molecule has 0 radical (unpaired) electrons. The topological polar surface area (TPSA) is 94.3 Å². The van der Waals surface area contributed by atoms with E-state index in [1.165, 1.54) is 0 Å². The normalized spacial score (nSPS) is 20.2. The fraction of sp³-hybridized carbons (Fsp3) is 0.611. The summed E-state index contributed by atoms with van der Waals surface area (Å²) >= 11 is 0. The van der Waals surface area contributed by atoms with E-state index in [9.17, 15) is 14.4 Å². The van der Waals surface area contributed by atoms with Crippen molar-refractivity contribution in [2.45, 2.75) is 52.2 Å². The number of amides is 1. The van der Waals surface area contributed by atoms with Gasteiger partial charge in [-0.15, -0.1) is 0 Å². The van der Waals surface area contributed by atoms with Crippen LogP contribution in [0.5, 0.6) is 0 Å². The van der Waals surface area contributed by atoms with Crippen molar-refractivity contribution in [3.8, 4) is 0 Å². The van der Waals surface area contributed by atoms with E-state index >= 15 is 0 Å². The average molecular weight is 348 g/mol. The molecule has 25 heavy (non-hydrogen) atoms. The number of rotatable bonds is 8. The molecule has 1 aliphatic rings. The molecule has 3 N–H and O–H groups in total. The van der Waals surface area contributed by atoms with Gasteiger partial charge in [0, 0.05) is 18.3 Å². The Bertz CT molecular complexity index is 655. The molecule has 1 amide bonds. The number of aromatic nitrogens is 1. The number of likely N-dealkylation sites (N-methyl/N-ethyl adjacent to an activating group) is 1. The van der Waals surface area contributed by atoms with Crippen LogP contribution >= 0.6 is 0 Å². The van der Waals surface area contributed by atoms with Crippen LogP contribution in [0.3, 0.4) is 0 Å². The average Bonchev–Trinajstić information content (AvgIpc) is 3.16. The molecular weight excluding hydrogens is 320 g/mol. The first-order valence-corrected chi connectivity index (χ1v) is 8.77. The van der Waals surface area contributed by atoms with Gasteiger partial charge in [0.05, 0.1) is 11.3 Å². The van der Waals surface area contributed by atoms with E-state index in [1.807, 2.05) is 0 Å². The quantitative estimate of drug-likeness (QED) is 0.484. The number of H-pyrrole nitrogens is 1. The number of nitrogens with one attached hydrogen (secondary N) is 3. The third kappa shape index (κ3) is 4.16. The fourth-order valence-electron chi connectivity index (χ4n) is 3.52. The highest BCUT2D eigenvalue weighted by Crippen LogP contribution is 2.18. The molecule has 0 bridgehead atoms. The molecule has 0 saturated carbocycles. The van der Waals surface area contributed by atoms with Gasteiger partial charge >= 0.3 is 0 Å². The Balaban J connectivity index is 2.07. The van der Waals surface area contributed by atoms with E-state index in [0.717, 1.165) is 25.9 Å². The third-order valence-corrected chi connectivity index (χ3v) is 5.04. The largest absolute Gasteiger partial charge is 0.356 e. The highest BCUT2D eigenvalue weighted by atomic mass is 16.2. The molecule has 2 rings (SSSR count). The van der Waals surface area contributed by atoms with Crippen molar-refractivity contribution in [3.63, 3.8) is 0 Å². The lowest BCUT2D eigenvalue weighted by Gasteiger charge is -2.30. The maximum atomic E-state index is 12.7. The summed E-state index contributed by atoms with van der Waals surface area (Å²) in [4.78, 5) is 40.6. The Morgan fingerprint density at radius 2 is 2.12 bits per heavy atom. The lowest BCUT2D eigenvalue weighted by molar-refractivity contribution is -0.113. The van der Waals surface area contributed by atoms with Crippen molar-refractivity contribution in [2.24, 2.45) is 0 Å². The number of hydrogen-bond acceptors (Lipinski definition) is 5. The SMILES string of the molecule is CCN1CCCC1CNC(C)(C=O)NC(=O)c1c(C)[nH]c(C=O)c1C. The number of hydrogen-bond donors (Lipinski definition) is 3. The minimum atomic E-state index is -1.16. The summed E-state index contributed by atoms with van der Waals surface area (Å²) in [6.07, 6.45) is 3.65. The highest BCUT2D eigenvalue weighted by molar-refractivity contribution is 6.00. The smallest absolute Gasteiger partial charge is 0.255 e. The van der Waals surface area contributed by atoms with Crippen LogP contribution in [0.2, 0.25) is 0 Å². The zero-order valence-corrected chi connectivity index (χ0v) is 15.4. The van der Waals surface area contributed by atoms with Crippen molar-refractivity contribution in [3.05, 3.63) is 22.5 Å². The Morgan fingerprint density at radius 1 is 1.40 bits per heavy atom. The Labute approximate surface area is 148 Å². The van der Waals surface area contributed by atoms with Gasteiger partial charge < -0.3 is 10.3 Å². The zero-order chi connectivity index (χ0) is 18.6. The summed E-state index contributed by atoms with van der Waals surface area (Å²) in [7, 11) is 0. The Kier molecular flexibility index (Phi) is 6.13. The van der Waals surface area contributed by atoms with E-state index in [4.69, 9.17) is 0 Å². The van der Waals surface area contributed by atoms with Crippen molar-refractivity contribution in [1.82, 2.24) is 20.5 Å². The monoisotopic (exact) mass is 348 g/mol. The molecule has 1 aliphatic heterocycles. The van der Waals surface area contributed by atoms with E-state index in [0.29, 0.717) is 47.7 Å². The predicted molar refractivity (Wildman–Crippen MR) is 95.9 cm³/mol. The van der Waals surface area contributed by atoms with E-state index in [1.54, 1.807) is 20.8 Å². The molecule has 2 unspecified atom stereocenters. The van der Waals surface area contributed by atoms with Crippen LogP contribution in [0.1, 0.15) is 58.8 Å². The molecular formula is C18H28N4O3. The molecule has 7 nitrogen and oxygen atoms in total. The highest BCUT2D eigenvalue weighted by Gasteiger charge is 2.31. The molecule has 1 fully saturated rings. The van der Waals surface area contributed by atoms with Crippen LogP contribution in [-0.4, -0.2) is 59.7 Å². The number of aromatic amines is 1. The van der Waals surface area contributed by atoms with Crippen LogP contribution in [0.15, 0.2) is 0 Å². The molecule has 2 atom stereocenters. The molecule has 7 heteroatoms. The minimum Gasteiger partial charge on any atom is -0.356 e. The molecule has 0 spiro atoms. The second-order valence-corrected chi connectivity index (χ2v) is 6.86. The van der Waals surface area contributed by atoms with E-state index in [2.05, 4.69) is 27.4 Å². The maximum absolute atomic E-state index is 12.7. The maximum Gasteiger partial charge on any atom is 0.255 e. The summed E-state index contributed by atoms with van der Waals surface area (Å²) < 4.78 is 0. The first-order chi connectivity index (χ1) is 11.8. The summed E-state index contributed by atoms with van der Waals surface area (Å²) in [5, 5.41) is 5.95. The molecule has 0 aromatic carbocycles. The Morgan fingerprint density at radius 3 is 2.68 bits per heavy atom. The molecule has 1 saturated heterocycles. The number of aldehydes is 2. The van der Waals surface area contributed by atoms with Gasteiger partial charge in [0.25, 0.3) is 5.91 Å². The zero-order valence-electron chi connectivity index (χ0n) is 15.4. The number of aryl methyl sites for hydroxylation is 1. The molecule has 1 aromatic rings. The second-order valence-electron chi connectivity index (χ2n) is 6.86. The molecule has 0 aliphatic carbocycles. The van der Waals surface area contributed by atoms with E-state index in [-0.39, 0.29) is 5.91 Å². The molecule has 1 aromatic heterocycles. The molecule has 138 valence electrons. The van der Waals surface area contributed by atoms with Gasteiger partial charge in [-0.3, -0.25) is 24.6 Å². The van der Waals surface area contributed by atoms with Gasteiger partial charge in [0.1, 0.15) is 5.66 Å². The number of likely N-dealkylation sites (tertiary alicyclic amines) is 1. The third-order valence-electron chi connectivity index (χ3n) is 5.04. The van der Waals surface area contributed by atoms with Crippen molar-refractivity contribution >= 4 is 18.5 Å². The van der Waals surface area contributed by atoms with Crippen molar-refractivity contribution < 1.29 is 14.4 Å². The van der Waals surface area contributed by atoms with Crippen LogP contribution in [-0.2, 0) is 4.79 Å². The number of carbonyl (C=O) groups excluding carboxylic acids is 3. The van der Waals surface area contributed by atoms with Gasteiger partial charge in [-0.2, -0.15) is 0 Å². The van der Waals surface area contributed by atoms with Gasteiger partial charge in [0.15, 0.2) is 12.6 Å². The lowest BCUT2D eigenvalue weighted by atomic mass is 10.1.